The summed E-state index contributed by atoms with van der Waals surface area (Å²) in [5.74, 6) is -1.75. The first kappa shape index (κ1) is 40.7. The molecule has 1 aliphatic carbocycles. The van der Waals surface area contributed by atoms with Crippen LogP contribution < -0.4 is 25.4 Å². The molecule has 1 saturated carbocycles. The number of methoxy groups -OCH3 is 1. The van der Waals surface area contributed by atoms with Crippen molar-refractivity contribution in [2.45, 2.75) is 91.1 Å². The zero-order valence-corrected chi connectivity index (χ0v) is 34.2. The van der Waals surface area contributed by atoms with Gasteiger partial charge in [-0.2, -0.15) is 0 Å². The second-order valence-electron chi connectivity index (χ2n) is 15.6. The van der Waals surface area contributed by atoms with E-state index in [4.69, 9.17) is 24.2 Å². The minimum absolute atomic E-state index is 0.0349. The van der Waals surface area contributed by atoms with Crippen LogP contribution in [0, 0.1) is 17.3 Å². The van der Waals surface area contributed by atoms with Crippen molar-refractivity contribution in [2.24, 2.45) is 17.3 Å². The number of carboxylic acids is 1. The molecule has 0 unspecified atom stereocenters. The number of amides is 3. The van der Waals surface area contributed by atoms with Crippen LogP contribution in [-0.2, 0) is 19.1 Å². The summed E-state index contributed by atoms with van der Waals surface area (Å²) in [6, 6.07) is 3.35. The Bertz CT molecular complexity index is 1930. The number of aromatic nitrogens is 2. The average Bonchev–Trinajstić information content (AvgIpc) is 3.38. The number of thiazole rings is 1. The Labute approximate surface area is 327 Å². The number of nitrogens with zero attached hydrogens (tertiary/aromatic N) is 3. The molecule has 0 bridgehead atoms. The standard InChI is InChI=1S/C38H49BrN6O8S/c1-10-21-15-38(21,34(48)49)44-32(46)26-13-22(16-45(26)33(47)31(37(6,7)8)43-36(50)52-17-19(2)3)53-28-14-24(25-18-54-35(42-25)40-20(4)5)41-30-23(28)11-12-27(51-9)29(30)39/h10-12,14,18-22,26,31H,1,13,15-17H2,2-9H3,(H,40,42)(H,43,50)(H,44,46)(H,48,49)/t21-,22-,26+,31-,38-/m1/s1. The number of fused-ring (bicyclic) bond motifs is 1. The minimum Gasteiger partial charge on any atom is -0.495 e. The van der Waals surface area contributed by atoms with E-state index < -0.39 is 58.9 Å². The van der Waals surface area contributed by atoms with Gasteiger partial charge in [0, 0.05) is 35.2 Å². The lowest BCUT2D eigenvalue weighted by molar-refractivity contribution is -0.146. The highest BCUT2D eigenvalue weighted by Gasteiger charge is 2.61. The molecular formula is C38H49BrN6O8S. The van der Waals surface area contributed by atoms with Crippen molar-refractivity contribution in [1.82, 2.24) is 25.5 Å². The quantitative estimate of drug-likeness (QED) is 0.135. The van der Waals surface area contributed by atoms with Gasteiger partial charge in [-0.3, -0.25) is 9.59 Å². The molecule has 1 saturated heterocycles. The number of carboxylic acid groups (broad SMARTS) is 1. The molecule has 2 aromatic heterocycles. The molecule has 1 aromatic carbocycles. The second kappa shape index (κ2) is 16.1. The van der Waals surface area contributed by atoms with Gasteiger partial charge in [-0.15, -0.1) is 17.9 Å². The number of alkyl carbamates (subject to hydrolysis) is 1. The molecular weight excluding hydrogens is 780 g/mol. The van der Waals surface area contributed by atoms with Crippen molar-refractivity contribution in [1.29, 1.82) is 0 Å². The molecule has 3 amide bonds. The molecule has 1 aliphatic heterocycles. The number of anilines is 1. The summed E-state index contributed by atoms with van der Waals surface area (Å²) >= 11 is 5.09. The molecule has 292 valence electrons. The van der Waals surface area contributed by atoms with E-state index in [0.717, 1.165) is 5.13 Å². The van der Waals surface area contributed by atoms with E-state index in [-0.39, 0.29) is 38.0 Å². The largest absolute Gasteiger partial charge is 0.495 e. The van der Waals surface area contributed by atoms with Crippen LogP contribution in [-0.4, -0.2) is 93.9 Å². The summed E-state index contributed by atoms with van der Waals surface area (Å²) < 4.78 is 18.2. The van der Waals surface area contributed by atoms with Crippen molar-refractivity contribution < 1.29 is 38.5 Å². The molecule has 16 heteroatoms. The highest BCUT2D eigenvalue weighted by Crippen LogP contribution is 2.45. The number of aliphatic carboxylic acids is 1. The summed E-state index contributed by atoms with van der Waals surface area (Å²) in [7, 11) is 1.56. The molecule has 4 N–H and O–H groups in total. The predicted octanol–water partition coefficient (Wildman–Crippen LogP) is 6.24. The van der Waals surface area contributed by atoms with Gasteiger partial charge in [0.15, 0.2) is 5.13 Å². The highest BCUT2D eigenvalue weighted by molar-refractivity contribution is 9.10. The zero-order chi connectivity index (χ0) is 39.7. The normalized spacial score (nSPS) is 21.5. The van der Waals surface area contributed by atoms with E-state index in [1.807, 2.05) is 39.1 Å². The smallest absolute Gasteiger partial charge is 0.407 e. The number of rotatable bonds is 14. The third-order valence-electron chi connectivity index (χ3n) is 9.34. The van der Waals surface area contributed by atoms with Crippen molar-refractivity contribution in [3.63, 3.8) is 0 Å². The number of ether oxygens (including phenoxy) is 3. The number of hydrogen-bond acceptors (Lipinski definition) is 11. The van der Waals surface area contributed by atoms with Gasteiger partial charge in [0.25, 0.3) is 0 Å². The Morgan fingerprint density at radius 2 is 1.87 bits per heavy atom. The molecule has 3 heterocycles. The Balaban J connectivity index is 1.52. The Morgan fingerprint density at radius 3 is 2.46 bits per heavy atom. The van der Waals surface area contributed by atoms with Crippen LogP contribution in [0.1, 0.15) is 61.3 Å². The fourth-order valence-corrected chi connectivity index (χ4v) is 7.84. The van der Waals surface area contributed by atoms with Crippen LogP contribution in [0.2, 0.25) is 0 Å². The average molecular weight is 830 g/mol. The molecule has 5 atom stereocenters. The maximum absolute atomic E-state index is 14.5. The van der Waals surface area contributed by atoms with Crippen LogP contribution in [0.25, 0.3) is 22.3 Å². The molecule has 14 nitrogen and oxygen atoms in total. The highest BCUT2D eigenvalue weighted by atomic mass is 79.9. The number of pyridine rings is 1. The lowest BCUT2D eigenvalue weighted by Gasteiger charge is -2.35. The molecule has 0 radical (unpaired) electrons. The monoisotopic (exact) mass is 828 g/mol. The summed E-state index contributed by atoms with van der Waals surface area (Å²) in [6.07, 6.45) is 0.245. The molecule has 3 aromatic rings. The van der Waals surface area contributed by atoms with Gasteiger partial charge in [-0.25, -0.2) is 19.6 Å². The van der Waals surface area contributed by atoms with Crippen LogP contribution in [0.15, 0.2) is 40.7 Å². The summed E-state index contributed by atoms with van der Waals surface area (Å²) in [4.78, 5) is 64.8. The van der Waals surface area contributed by atoms with Gasteiger partial charge >= 0.3 is 12.1 Å². The van der Waals surface area contributed by atoms with E-state index in [1.54, 1.807) is 40.0 Å². The first-order valence-corrected chi connectivity index (χ1v) is 19.5. The SMILES string of the molecule is C=C[C@@H]1C[C@]1(NC(=O)[C@@H]1C[C@@H](Oc2cc(-c3csc(NC(C)C)n3)nc3c(Br)c(OC)ccc23)CN1C(=O)[C@@H](NC(=O)OCC(C)C)C(C)(C)C)C(=O)O. The second-order valence-corrected chi connectivity index (χ2v) is 17.2. The number of carbonyl (C=O) groups is 4. The van der Waals surface area contributed by atoms with E-state index >= 15 is 0 Å². The third-order valence-corrected chi connectivity index (χ3v) is 10.9. The van der Waals surface area contributed by atoms with Crippen LogP contribution in [0.5, 0.6) is 11.5 Å². The number of carbonyl (C=O) groups excluding carboxylic acids is 3. The number of hydrogen-bond donors (Lipinski definition) is 4. The molecule has 0 spiro atoms. The van der Waals surface area contributed by atoms with Crippen molar-refractivity contribution >= 4 is 67.2 Å². The first-order chi connectivity index (χ1) is 25.4. The number of benzene rings is 1. The molecule has 2 fully saturated rings. The molecule has 54 heavy (non-hydrogen) atoms. The minimum atomic E-state index is -1.52. The maximum Gasteiger partial charge on any atom is 0.407 e. The fourth-order valence-electron chi connectivity index (χ4n) is 6.39. The van der Waals surface area contributed by atoms with Gasteiger partial charge in [0.1, 0.15) is 40.9 Å². The Kier molecular flexibility index (Phi) is 12.2. The number of likely N-dealkylation sites (tertiary alicyclic amines) is 1. The maximum atomic E-state index is 14.5. The van der Waals surface area contributed by atoms with Crippen molar-refractivity contribution in [3.8, 4) is 22.9 Å². The Hall–Kier alpha value is -4.44. The van der Waals surface area contributed by atoms with Crippen LogP contribution in [0.3, 0.4) is 0 Å². The van der Waals surface area contributed by atoms with E-state index in [9.17, 15) is 24.3 Å². The fraction of sp³-hybridized carbons (Fsp3) is 0.526. The Morgan fingerprint density at radius 1 is 1.15 bits per heavy atom. The molecule has 2 aliphatic rings. The van der Waals surface area contributed by atoms with Gasteiger partial charge in [0.2, 0.25) is 11.8 Å². The zero-order valence-electron chi connectivity index (χ0n) is 31.8. The van der Waals surface area contributed by atoms with E-state index in [0.29, 0.717) is 38.3 Å². The summed E-state index contributed by atoms with van der Waals surface area (Å²) in [5.41, 5.74) is -0.609. The topological polar surface area (TPSA) is 181 Å². The van der Waals surface area contributed by atoms with Gasteiger partial charge in [0.05, 0.1) is 35.9 Å². The van der Waals surface area contributed by atoms with Crippen LogP contribution >= 0.6 is 27.3 Å². The summed E-state index contributed by atoms with van der Waals surface area (Å²) in [6.45, 7) is 17.1. The van der Waals surface area contributed by atoms with Crippen LogP contribution in [0.4, 0.5) is 9.93 Å². The number of nitrogens with one attached hydrogen (secondary N) is 3. The van der Waals surface area contributed by atoms with Gasteiger partial charge in [-0.05, 0) is 59.7 Å². The van der Waals surface area contributed by atoms with Gasteiger partial charge in [-0.1, -0.05) is 40.7 Å². The first-order valence-electron chi connectivity index (χ1n) is 17.9. The lowest BCUT2D eigenvalue weighted by atomic mass is 9.85. The predicted molar refractivity (Wildman–Crippen MR) is 210 cm³/mol. The van der Waals surface area contributed by atoms with E-state index in [1.165, 1.54) is 22.3 Å². The third kappa shape index (κ3) is 8.75. The number of halogens is 1. The molecule has 5 rings (SSSR count). The summed E-state index contributed by atoms with van der Waals surface area (Å²) in [5, 5.41) is 22.1. The van der Waals surface area contributed by atoms with Crippen molar-refractivity contribution in [3.05, 3.63) is 40.7 Å². The van der Waals surface area contributed by atoms with Crippen molar-refractivity contribution in [2.75, 3.05) is 25.6 Å². The van der Waals surface area contributed by atoms with E-state index in [2.05, 4.69) is 38.5 Å². The van der Waals surface area contributed by atoms with Gasteiger partial charge < -0.3 is 40.2 Å². The lowest BCUT2D eigenvalue weighted by Crippen LogP contribution is -2.59.